The summed E-state index contributed by atoms with van der Waals surface area (Å²) in [6.45, 7) is 0. The van der Waals surface area contributed by atoms with E-state index in [9.17, 15) is 13.0 Å². The molecule has 7 nitrogen and oxygen atoms in total. The zero-order chi connectivity index (χ0) is 10.9. The summed E-state index contributed by atoms with van der Waals surface area (Å²) in [5.41, 5.74) is 0.488. The first kappa shape index (κ1) is 9.74. The summed E-state index contributed by atoms with van der Waals surface area (Å²) in [7, 11) is -4.68. The highest BCUT2D eigenvalue weighted by Crippen LogP contribution is 1.96. The SMILES string of the molecule is O=S(=O)([O-])n1nnc[n+]1-c1ccccc1. The third-order valence-corrected chi connectivity index (χ3v) is 2.34. The van der Waals surface area contributed by atoms with Crippen molar-refractivity contribution in [3.8, 4) is 5.69 Å². The van der Waals surface area contributed by atoms with Crippen molar-refractivity contribution >= 4 is 10.3 Å². The normalized spacial score (nSPS) is 11.5. The van der Waals surface area contributed by atoms with Gasteiger partial charge in [-0.25, -0.2) is 8.42 Å². The smallest absolute Gasteiger partial charge is 0.294 e. The van der Waals surface area contributed by atoms with Gasteiger partial charge in [-0.05, 0) is 12.1 Å². The van der Waals surface area contributed by atoms with Crippen LogP contribution in [0.3, 0.4) is 0 Å². The highest BCUT2D eigenvalue weighted by Gasteiger charge is 2.16. The molecular formula is C7H6N4O3S. The lowest BCUT2D eigenvalue weighted by molar-refractivity contribution is -0.672. The quantitative estimate of drug-likeness (QED) is 0.477. The Balaban J connectivity index is 2.61. The molecule has 1 aromatic heterocycles. The Morgan fingerprint density at radius 2 is 1.93 bits per heavy atom. The van der Waals surface area contributed by atoms with Gasteiger partial charge in [0.1, 0.15) is 10.8 Å². The van der Waals surface area contributed by atoms with Crippen LogP contribution in [0, 0.1) is 0 Å². The highest BCUT2D eigenvalue weighted by molar-refractivity contribution is 7.83. The van der Waals surface area contributed by atoms with Gasteiger partial charge >= 0.3 is 0 Å². The minimum Gasteiger partial charge on any atom is -0.727 e. The van der Waals surface area contributed by atoms with Gasteiger partial charge in [-0.15, -0.1) is 4.68 Å². The molecule has 1 heterocycles. The summed E-state index contributed by atoms with van der Waals surface area (Å²) in [5, 5.41) is 6.55. The fraction of sp³-hybridized carbons (Fsp3) is 0. The van der Waals surface area contributed by atoms with Crippen LogP contribution in [-0.2, 0) is 10.3 Å². The molecule has 78 valence electrons. The maximum absolute atomic E-state index is 10.8. The summed E-state index contributed by atoms with van der Waals surface area (Å²) < 4.78 is 33.6. The average molecular weight is 226 g/mol. The van der Waals surface area contributed by atoms with Crippen molar-refractivity contribution in [2.75, 3.05) is 0 Å². The fourth-order valence-electron chi connectivity index (χ4n) is 1.10. The molecule has 2 rings (SSSR count). The number of hydrogen-bond acceptors (Lipinski definition) is 5. The number of para-hydroxylation sites is 1. The topological polar surface area (TPSA) is 91.8 Å². The Bertz CT molecular complexity index is 563. The van der Waals surface area contributed by atoms with E-state index in [4.69, 9.17) is 0 Å². The van der Waals surface area contributed by atoms with Crippen LogP contribution in [0.2, 0.25) is 0 Å². The fourth-order valence-corrected chi connectivity index (χ4v) is 1.59. The second-order valence-electron chi connectivity index (χ2n) is 2.68. The van der Waals surface area contributed by atoms with Gasteiger partial charge in [0.25, 0.3) is 6.33 Å². The van der Waals surface area contributed by atoms with Gasteiger partial charge in [-0.1, -0.05) is 18.2 Å². The molecule has 0 spiro atoms. The van der Waals surface area contributed by atoms with Crippen LogP contribution in [0.25, 0.3) is 5.69 Å². The zero-order valence-electron chi connectivity index (χ0n) is 7.39. The molecule has 0 saturated carbocycles. The second kappa shape index (κ2) is 3.41. The molecule has 15 heavy (non-hydrogen) atoms. The Hall–Kier alpha value is -1.80. The minimum absolute atomic E-state index is 0.280. The van der Waals surface area contributed by atoms with E-state index in [1.165, 1.54) is 0 Å². The number of aromatic nitrogens is 4. The third-order valence-electron chi connectivity index (χ3n) is 1.69. The Morgan fingerprint density at radius 3 is 2.53 bits per heavy atom. The molecule has 0 N–H and O–H groups in total. The van der Waals surface area contributed by atoms with Crippen LogP contribution >= 0.6 is 0 Å². The van der Waals surface area contributed by atoms with Gasteiger partial charge in [-0.3, -0.25) is 0 Å². The summed E-state index contributed by atoms with van der Waals surface area (Å²) in [4.78, 5) is 0. The lowest BCUT2D eigenvalue weighted by Gasteiger charge is -2.04. The Labute approximate surface area is 85.4 Å². The van der Waals surface area contributed by atoms with E-state index in [-0.39, 0.29) is 4.20 Å². The van der Waals surface area contributed by atoms with Crippen molar-refractivity contribution in [2.45, 2.75) is 0 Å². The van der Waals surface area contributed by atoms with Crippen LogP contribution in [0.15, 0.2) is 36.7 Å². The van der Waals surface area contributed by atoms with Gasteiger partial charge in [0.2, 0.25) is 10.3 Å². The van der Waals surface area contributed by atoms with Gasteiger partial charge in [0.15, 0.2) is 5.21 Å². The Kier molecular flexibility index (Phi) is 2.21. The van der Waals surface area contributed by atoms with Crippen molar-refractivity contribution in [2.24, 2.45) is 0 Å². The Morgan fingerprint density at radius 1 is 1.27 bits per heavy atom. The van der Waals surface area contributed by atoms with E-state index in [1.807, 2.05) is 0 Å². The predicted octanol–water partition coefficient (Wildman–Crippen LogP) is -1.14. The molecule has 0 bridgehead atoms. The zero-order valence-corrected chi connectivity index (χ0v) is 8.20. The molecule has 0 aliphatic rings. The van der Waals surface area contributed by atoms with Gasteiger partial charge in [0.05, 0.1) is 4.20 Å². The molecular weight excluding hydrogens is 220 g/mol. The van der Waals surface area contributed by atoms with E-state index in [2.05, 4.69) is 10.3 Å². The molecule has 2 aromatic rings. The van der Waals surface area contributed by atoms with E-state index >= 15 is 0 Å². The summed E-state index contributed by atoms with van der Waals surface area (Å²) in [6.07, 6.45) is 1.14. The van der Waals surface area contributed by atoms with E-state index in [0.717, 1.165) is 11.0 Å². The molecule has 0 atom stereocenters. The lowest BCUT2D eigenvalue weighted by Crippen LogP contribution is -2.44. The van der Waals surface area contributed by atoms with Crippen LogP contribution in [-0.4, -0.2) is 27.5 Å². The first-order chi connectivity index (χ1) is 7.09. The van der Waals surface area contributed by atoms with Gasteiger partial charge in [0, 0.05) is 0 Å². The van der Waals surface area contributed by atoms with Gasteiger partial charge in [-0.2, -0.15) is 0 Å². The van der Waals surface area contributed by atoms with Crippen molar-refractivity contribution in [3.63, 3.8) is 0 Å². The first-order valence-electron chi connectivity index (χ1n) is 3.93. The van der Waals surface area contributed by atoms with Crippen molar-refractivity contribution < 1.29 is 17.7 Å². The number of tetrazole rings is 1. The molecule has 0 fully saturated rings. The standard InChI is InChI=1S/C7H6N4O3S/c12-15(13,14)11-9-8-6-10(11)7-4-2-1-3-5-7/h1-6H. The van der Waals surface area contributed by atoms with Crippen LogP contribution < -0.4 is 4.68 Å². The average Bonchev–Trinajstić information content (AvgIpc) is 2.67. The molecule has 0 aliphatic carbocycles. The van der Waals surface area contributed by atoms with Crippen LogP contribution in [0.1, 0.15) is 0 Å². The monoisotopic (exact) mass is 226 g/mol. The van der Waals surface area contributed by atoms with Crippen LogP contribution in [0.4, 0.5) is 0 Å². The van der Waals surface area contributed by atoms with Gasteiger partial charge < -0.3 is 4.55 Å². The summed E-state index contributed by atoms with van der Waals surface area (Å²) >= 11 is 0. The van der Waals surface area contributed by atoms with Crippen molar-refractivity contribution in [1.29, 1.82) is 0 Å². The first-order valence-corrected chi connectivity index (χ1v) is 5.30. The van der Waals surface area contributed by atoms with E-state index < -0.39 is 10.3 Å². The van der Waals surface area contributed by atoms with E-state index in [1.54, 1.807) is 30.3 Å². The summed E-state index contributed by atoms with van der Waals surface area (Å²) in [5.74, 6) is 0. The molecule has 0 aliphatic heterocycles. The minimum atomic E-state index is -4.68. The number of benzene rings is 1. The van der Waals surface area contributed by atoms with Crippen molar-refractivity contribution in [1.82, 2.24) is 14.5 Å². The molecule has 0 amide bonds. The predicted molar refractivity (Wildman–Crippen MR) is 46.6 cm³/mol. The number of rotatable bonds is 2. The molecule has 0 saturated heterocycles. The van der Waals surface area contributed by atoms with Crippen molar-refractivity contribution in [3.05, 3.63) is 36.7 Å². The second-order valence-corrected chi connectivity index (χ2v) is 3.86. The maximum Gasteiger partial charge on any atom is 0.294 e. The molecule has 8 heteroatoms. The third kappa shape index (κ3) is 1.85. The molecule has 0 unspecified atom stereocenters. The number of hydrogen-bond donors (Lipinski definition) is 0. The summed E-state index contributed by atoms with van der Waals surface area (Å²) in [6, 6.07) is 8.44. The lowest BCUT2D eigenvalue weighted by atomic mass is 10.3. The number of nitrogens with zero attached hydrogens (tertiary/aromatic N) is 4. The maximum atomic E-state index is 10.8. The highest BCUT2D eigenvalue weighted by atomic mass is 32.2. The molecule has 0 radical (unpaired) electrons. The van der Waals surface area contributed by atoms with E-state index in [0.29, 0.717) is 5.69 Å². The van der Waals surface area contributed by atoms with Crippen LogP contribution in [0.5, 0.6) is 0 Å². The molecule has 1 aromatic carbocycles. The largest absolute Gasteiger partial charge is 0.727 e.